The molecule has 7 heteroatoms. The normalized spacial score (nSPS) is 15.5. The number of carbonyl (C=O) groups is 1. The lowest BCUT2D eigenvalue weighted by Crippen LogP contribution is -2.45. The Morgan fingerprint density at radius 1 is 1.11 bits per heavy atom. The predicted octanol–water partition coefficient (Wildman–Crippen LogP) is 3.52. The van der Waals surface area contributed by atoms with E-state index in [0.29, 0.717) is 22.3 Å². The van der Waals surface area contributed by atoms with Gasteiger partial charge in [-0.3, -0.25) is 9.69 Å². The molecule has 1 aromatic heterocycles. The predicted molar refractivity (Wildman–Crippen MR) is 116 cm³/mol. The first-order valence-electron chi connectivity index (χ1n) is 9.61. The molecular formula is C21H27ClN4OS. The van der Waals surface area contributed by atoms with Crippen molar-refractivity contribution < 1.29 is 4.79 Å². The minimum absolute atomic E-state index is 0.125. The van der Waals surface area contributed by atoms with Gasteiger partial charge in [-0.05, 0) is 36.1 Å². The molecule has 0 atom stereocenters. The number of nitrogens with one attached hydrogen (secondary N) is 1. The zero-order valence-corrected chi connectivity index (χ0v) is 18.0. The second-order valence-electron chi connectivity index (χ2n) is 6.85. The van der Waals surface area contributed by atoms with Crippen LogP contribution in [0, 0.1) is 0 Å². The summed E-state index contributed by atoms with van der Waals surface area (Å²) in [6, 6.07) is 11.7. The highest BCUT2D eigenvalue weighted by Crippen LogP contribution is 2.21. The van der Waals surface area contributed by atoms with Crippen molar-refractivity contribution >= 4 is 29.3 Å². The lowest BCUT2D eigenvalue weighted by molar-refractivity contribution is 0.0947. The van der Waals surface area contributed by atoms with Crippen molar-refractivity contribution in [2.45, 2.75) is 25.0 Å². The highest BCUT2D eigenvalue weighted by molar-refractivity contribution is 7.98. The number of hydrogen-bond acceptors (Lipinski definition) is 5. The van der Waals surface area contributed by atoms with Crippen molar-refractivity contribution in [1.29, 1.82) is 0 Å². The Labute approximate surface area is 176 Å². The molecule has 0 radical (unpaired) electrons. The summed E-state index contributed by atoms with van der Waals surface area (Å²) in [5.74, 6) is -0.125. The molecule has 2 aromatic rings. The average Bonchev–Trinajstić information content (AvgIpc) is 2.73. The third kappa shape index (κ3) is 5.47. The Hall–Kier alpha value is -1.60. The molecule has 1 amide bonds. The zero-order valence-electron chi connectivity index (χ0n) is 16.4. The lowest BCUT2D eigenvalue weighted by atomic mass is 10.1. The Morgan fingerprint density at radius 3 is 2.46 bits per heavy atom. The molecule has 150 valence electrons. The number of aromatic nitrogens is 1. The van der Waals surface area contributed by atoms with E-state index in [4.69, 9.17) is 11.6 Å². The molecule has 0 saturated carbocycles. The summed E-state index contributed by atoms with van der Waals surface area (Å²) in [5, 5.41) is 4.08. The average molecular weight is 419 g/mol. The van der Waals surface area contributed by atoms with Crippen molar-refractivity contribution in [1.82, 2.24) is 20.1 Å². The van der Waals surface area contributed by atoms with Crippen LogP contribution in [-0.2, 0) is 13.1 Å². The second-order valence-corrected chi connectivity index (χ2v) is 8.03. The van der Waals surface area contributed by atoms with Crippen molar-refractivity contribution in [2.24, 2.45) is 0 Å². The third-order valence-corrected chi connectivity index (χ3v) is 6.04. The maximum atomic E-state index is 12.7. The number of hydrogen-bond donors (Lipinski definition) is 1. The van der Waals surface area contributed by atoms with Crippen LogP contribution in [-0.4, -0.2) is 59.7 Å². The molecule has 0 spiro atoms. The Bertz CT molecular complexity index is 809. The molecule has 1 saturated heterocycles. The van der Waals surface area contributed by atoms with E-state index < -0.39 is 0 Å². The molecular weight excluding hydrogens is 392 g/mol. The largest absolute Gasteiger partial charge is 0.348 e. The minimum atomic E-state index is -0.125. The summed E-state index contributed by atoms with van der Waals surface area (Å²) in [6.45, 7) is 9.17. The summed E-state index contributed by atoms with van der Waals surface area (Å²) in [4.78, 5) is 21.9. The van der Waals surface area contributed by atoms with Crippen molar-refractivity contribution in [2.75, 3.05) is 39.0 Å². The van der Waals surface area contributed by atoms with Gasteiger partial charge in [0.15, 0.2) is 0 Å². The SMILES string of the molecule is CCN1CCN(Cc2ccccc2CNC(=O)c2ccc(Cl)nc2SC)CC1. The molecule has 0 unspecified atom stereocenters. The number of piperazine rings is 1. The van der Waals surface area contributed by atoms with Gasteiger partial charge in [-0.2, -0.15) is 0 Å². The monoisotopic (exact) mass is 418 g/mol. The highest BCUT2D eigenvalue weighted by Gasteiger charge is 2.17. The molecule has 28 heavy (non-hydrogen) atoms. The molecule has 2 heterocycles. The first-order chi connectivity index (χ1) is 13.6. The first-order valence-corrected chi connectivity index (χ1v) is 11.2. The number of carbonyl (C=O) groups excluding carboxylic acids is 1. The van der Waals surface area contributed by atoms with Crippen LogP contribution in [0.5, 0.6) is 0 Å². The standard InChI is InChI=1S/C21H27ClN4OS/c1-3-25-10-12-26(13-11-25)15-17-7-5-4-6-16(17)14-23-20(27)18-8-9-19(22)24-21(18)28-2/h4-9H,3,10-15H2,1-2H3,(H,23,27). The fourth-order valence-electron chi connectivity index (χ4n) is 3.41. The van der Waals surface area contributed by atoms with Gasteiger partial charge in [-0.25, -0.2) is 4.98 Å². The molecule has 0 aliphatic carbocycles. The zero-order chi connectivity index (χ0) is 19.9. The Balaban J connectivity index is 1.63. The fraction of sp³-hybridized carbons (Fsp3) is 0.429. The van der Waals surface area contributed by atoms with Gasteiger partial charge in [0, 0.05) is 39.3 Å². The first kappa shape index (κ1) is 21.1. The van der Waals surface area contributed by atoms with E-state index in [1.54, 1.807) is 12.1 Å². The maximum absolute atomic E-state index is 12.7. The van der Waals surface area contributed by atoms with E-state index in [1.807, 2.05) is 12.3 Å². The van der Waals surface area contributed by atoms with Crippen LogP contribution >= 0.6 is 23.4 Å². The van der Waals surface area contributed by atoms with Crippen LogP contribution in [0.2, 0.25) is 5.15 Å². The van der Waals surface area contributed by atoms with Crippen molar-refractivity contribution in [3.8, 4) is 0 Å². The Kier molecular flexibility index (Phi) is 7.73. The number of rotatable bonds is 7. The van der Waals surface area contributed by atoms with E-state index in [2.05, 4.69) is 45.2 Å². The van der Waals surface area contributed by atoms with Gasteiger partial charge in [-0.1, -0.05) is 42.8 Å². The smallest absolute Gasteiger partial charge is 0.254 e. The molecule has 1 aliphatic heterocycles. The quantitative estimate of drug-likeness (QED) is 0.550. The van der Waals surface area contributed by atoms with Gasteiger partial charge in [0.2, 0.25) is 0 Å². The molecule has 3 rings (SSSR count). The maximum Gasteiger partial charge on any atom is 0.254 e. The van der Waals surface area contributed by atoms with Gasteiger partial charge in [0.25, 0.3) is 5.91 Å². The molecule has 1 aliphatic rings. The fourth-order valence-corrected chi connectivity index (χ4v) is 4.17. The number of pyridine rings is 1. The molecule has 1 N–H and O–H groups in total. The third-order valence-electron chi connectivity index (χ3n) is 5.13. The number of nitrogens with zero attached hydrogens (tertiary/aromatic N) is 3. The van der Waals surface area contributed by atoms with Crippen LogP contribution in [0.15, 0.2) is 41.4 Å². The topological polar surface area (TPSA) is 48.5 Å². The molecule has 1 fully saturated rings. The molecule has 5 nitrogen and oxygen atoms in total. The van der Waals surface area contributed by atoms with Crippen LogP contribution in [0.4, 0.5) is 0 Å². The molecule has 1 aromatic carbocycles. The van der Waals surface area contributed by atoms with E-state index in [-0.39, 0.29) is 5.91 Å². The Morgan fingerprint density at radius 2 is 1.79 bits per heavy atom. The second kappa shape index (κ2) is 10.3. The minimum Gasteiger partial charge on any atom is -0.348 e. The van der Waals surface area contributed by atoms with E-state index in [0.717, 1.165) is 44.8 Å². The summed E-state index contributed by atoms with van der Waals surface area (Å²) in [6.07, 6.45) is 1.89. The van der Waals surface area contributed by atoms with Crippen molar-refractivity contribution in [3.63, 3.8) is 0 Å². The number of halogens is 1. The van der Waals surface area contributed by atoms with Gasteiger partial charge in [0.1, 0.15) is 10.2 Å². The van der Waals surface area contributed by atoms with Gasteiger partial charge < -0.3 is 10.2 Å². The lowest BCUT2D eigenvalue weighted by Gasteiger charge is -2.34. The van der Waals surface area contributed by atoms with E-state index in [1.165, 1.54) is 17.3 Å². The molecule has 0 bridgehead atoms. The van der Waals surface area contributed by atoms with Gasteiger partial charge >= 0.3 is 0 Å². The number of thioether (sulfide) groups is 1. The number of likely N-dealkylation sites (N-methyl/N-ethyl adjacent to an activating group) is 1. The van der Waals surface area contributed by atoms with Crippen LogP contribution in [0.1, 0.15) is 28.4 Å². The summed E-state index contributed by atoms with van der Waals surface area (Å²) in [7, 11) is 0. The van der Waals surface area contributed by atoms with Gasteiger partial charge in [-0.15, -0.1) is 11.8 Å². The van der Waals surface area contributed by atoms with Crippen molar-refractivity contribution in [3.05, 3.63) is 58.2 Å². The number of amides is 1. The summed E-state index contributed by atoms with van der Waals surface area (Å²) >= 11 is 7.36. The van der Waals surface area contributed by atoms with Crippen LogP contribution in [0.3, 0.4) is 0 Å². The van der Waals surface area contributed by atoms with Crippen LogP contribution in [0.25, 0.3) is 0 Å². The highest BCUT2D eigenvalue weighted by atomic mass is 35.5. The van der Waals surface area contributed by atoms with E-state index >= 15 is 0 Å². The summed E-state index contributed by atoms with van der Waals surface area (Å²) in [5.41, 5.74) is 2.98. The van der Waals surface area contributed by atoms with E-state index in [9.17, 15) is 4.79 Å². The van der Waals surface area contributed by atoms with Crippen LogP contribution < -0.4 is 5.32 Å². The number of benzene rings is 1. The van der Waals surface area contributed by atoms with Gasteiger partial charge in [0.05, 0.1) is 5.56 Å². The summed E-state index contributed by atoms with van der Waals surface area (Å²) < 4.78 is 0.